The normalized spacial score (nSPS) is 12.8. The monoisotopic (exact) mass is 314 g/mol. The van der Waals surface area contributed by atoms with Gasteiger partial charge in [0.05, 0.1) is 4.88 Å². The van der Waals surface area contributed by atoms with E-state index in [2.05, 4.69) is 15.9 Å². The van der Waals surface area contributed by atoms with Crippen molar-refractivity contribution in [2.24, 2.45) is 0 Å². The van der Waals surface area contributed by atoms with Gasteiger partial charge in [-0.05, 0) is 59.1 Å². The van der Waals surface area contributed by atoms with E-state index in [1.165, 1.54) is 23.5 Å². The van der Waals surface area contributed by atoms with Crippen LogP contribution in [-0.2, 0) is 0 Å². The second-order valence-corrected chi connectivity index (χ2v) is 6.18. The van der Waals surface area contributed by atoms with E-state index in [1.807, 2.05) is 19.9 Å². The van der Waals surface area contributed by atoms with Crippen LogP contribution in [0.4, 0.5) is 4.39 Å². The van der Waals surface area contributed by atoms with Crippen LogP contribution in [0.25, 0.3) is 0 Å². The van der Waals surface area contributed by atoms with Crippen molar-refractivity contribution in [2.75, 3.05) is 0 Å². The molecule has 0 fully saturated rings. The summed E-state index contributed by atoms with van der Waals surface area (Å²) < 4.78 is 14.2. The minimum atomic E-state index is -0.780. The number of aliphatic hydroxyl groups is 1. The summed E-state index contributed by atoms with van der Waals surface area (Å²) in [7, 11) is 0. The molecule has 0 bridgehead atoms. The summed E-state index contributed by atoms with van der Waals surface area (Å²) in [6.07, 6.45) is -0.780. The number of hydrogen-bond donors (Lipinski definition) is 1. The molecule has 1 heterocycles. The number of rotatable bonds is 2. The van der Waals surface area contributed by atoms with Crippen LogP contribution >= 0.6 is 27.3 Å². The van der Waals surface area contributed by atoms with Crippen LogP contribution in [0, 0.1) is 19.7 Å². The molecule has 0 spiro atoms. The third-order valence-corrected chi connectivity index (χ3v) is 4.49. The van der Waals surface area contributed by atoms with Gasteiger partial charge in [-0.2, -0.15) is 0 Å². The maximum absolute atomic E-state index is 13.3. The van der Waals surface area contributed by atoms with Crippen LogP contribution in [-0.4, -0.2) is 5.11 Å². The van der Waals surface area contributed by atoms with Gasteiger partial charge >= 0.3 is 0 Å². The number of benzene rings is 1. The van der Waals surface area contributed by atoms with Gasteiger partial charge in [-0.25, -0.2) is 4.39 Å². The first-order chi connectivity index (χ1) is 7.97. The Kier molecular flexibility index (Phi) is 3.66. The first-order valence-corrected chi connectivity index (χ1v) is 6.79. The maximum atomic E-state index is 13.3. The summed E-state index contributed by atoms with van der Waals surface area (Å²) in [5.41, 5.74) is 1.40. The summed E-state index contributed by atoms with van der Waals surface area (Å²) in [6.45, 7) is 3.79. The Morgan fingerprint density at radius 3 is 2.47 bits per heavy atom. The molecule has 0 amide bonds. The van der Waals surface area contributed by atoms with Crippen molar-refractivity contribution < 1.29 is 9.50 Å². The maximum Gasteiger partial charge on any atom is 0.123 e. The molecule has 0 aliphatic carbocycles. The summed E-state index contributed by atoms with van der Waals surface area (Å²) in [5, 5.41) is 10.2. The molecular weight excluding hydrogens is 303 g/mol. The lowest BCUT2D eigenvalue weighted by atomic mass is 10.1. The lowest BCUT2D eigenvalue weighted by Gasteiger charge is -2.11. The highest BCUT2D eigenvalue weighted by Crippen LogP contribution is 2.35. The number of thiophene rings is 1. The fraction of sp³-hybridized carbons (Fsp3) is 0.231. The zero-order chi connectivity index (χ0) is 12.6. The van der Waals surface area contributed by atoms with Crippen LogP contribution in [0.15, 0.2) is 28.7 Å². The summed E-state index contributed by atoms with van der Waals surface area (Å²) in [6, 6.07) is 6.58. The molecule has 0 radical (unpaired) electrons. The SMILES string of the molecule is Cc1cc(F)cc(C(O)c2sc(C)cc2Br)c1. The third-order valence-electron chi connectivity index (χ3n) is 2.46. The lowest BCUT2D eigenvalue weighted by Crippen LogP contribution is -1.99. The van der Waals surface area contributed by atoms with Crippen molar-refractivity contribution in [1.29, 1.82) is 0 Å². The molecular formula is C13H12BrFOS. The van der Waals surface area contributed by atoms with Gasteiger partial charge in [0.1, 0.15) is 11.9 Å². The van der Waals surface area contributed by atoms with E-state index < -0.39 is 6.10 Å². The zero-order valence-electron chi connectivity index (χ0n) is 9.50. The molecule has 0 saturated heterocycles. The van der Waals surface area contributed by atoms with E-state index >= 15 is 0 Å². The van der Waals surface area contributed by atoms with Gasteiger partial charge in [-0.15, -0.1) is 11.3 Å². The molecule has 0 aliphatic heterocycles. The smallest absolute Gasteiger partial charge is 0.123 e. The molecule has 1 N–H and O–H groups in total. The molecule has 4 heteroatoms. The minimum absolute atomic E-state index is 0.316. The first kappa shape index (κ1) is 12.7. The fourth-order valence-electron chi connectivity index (χ4n) is 1.76. The Morgan fingerprint density at radius 2 is 1.94 bits per heavy atom. The van der Waals surface area contributed by atoms with Crippen molar-refractivity contribution in [3.8, 4) is 0 Å². The van der Waals surface area contributed by atoms with Gasteiger partial charge in [0.2, 0.25) is 0 Å². The highest BCUT2D eigenvalue weighted by atomic mass is 79.9. The summed E-state index contributed by atoms with van der Waals surface area (Å²) >= 11 is 4.92. The molecule has 1 aromatic heterocycles. The zero-order valence-corrected chi connectivity index (χ0v) is 11.9. The van der Waals surface area contributed by atoms with Crippen LogP contribution in [0.5, 0.6) is 0 Å². The second-order valence-electron chi connectivity index (χ2n) is 4.03. The largest absolute Gasteiger partial charge is 0.383 e. The molecule has 0 aliphatic rings. The Balaban J connectivity index is 2.43. The molecule has 1 nitrogen and oxygen atoms in total. The van der Waals surface area contributed by atoms with Crippen molar-refractivity contribution >= 4 is 27.3 Å². The minimum Gasteiger partial charge on any atom is -0.383 e. The van der Waals surface area contributed by atoms with E-state index in [0.717, 1.165) is 19.8 Å². The van der Waals surface area contributed by atoms with Gasteiger partial charge in [0.25, 0.3) is 0 Å². The van der Waals surface area contributed by atoms with E-state index in [1.54, 1.807) is 6.07 Å². The standard InChI is InChI=1S/C13H12BrFOS/c1-7-3-9(6-10(15)4-7)12(16)13-11(14)5-8(2)17-13/h3-6,12,16H,1-2H3. The Morgan fingerprint density at radius 1 is 1.24 bits per heavy atom. The van der Waals surface area contributed by atoms with Crippen molar-refractivity contribution in [2.45, 2.75) is 20.0 Å². The van der Waals surface area contributed by atoms with Gasteiger partial charge in [0, 0.05) is 9.35 Å². The predicted octanol–water partition coefficient (Wildman–Crippen LogP) is 4.35. The highest BCUT2D eigenvalue weighted by Gasteiger charge is 2.17. The average Bonchev–Trinajstić information content (AvgIpc) is 2.55. The van der Waals surface area contributed by atoms with Crippen LogP contribution in [0.2, 0.25) is 0 Å². The van der Waals surface area contributed by atoms with Gasteiger partial charge in [-0.1, -0.05) is 6.07 Å². The summed E-state index contributed by atoms with van der Waals surface area (Å²) in [4.78, 5) is 1.92. The topological polar surface area (TPSA) is 20.2 Å². The van der Waals surface area contributed by atoms with Crippen LogP contribution < -0.4 is 0 Å². The lowest BCUT2D eigenvalue weighted by molar-refractivity contribution is 0.223. The average molecular weight is 315 g/mol. The highest BCUT2D eigenvalue weighted by molar-refractivity contribution is 9.10. The van der Waals surface area contributed by atoms with E-state index in [0.29, 0.717) is 5.56 Å². The molecule has 17 heavy (non-hydrogen) atoms. The molecule has 1 aromatic carbocycles. The number of aliphatic hydroxyl groups excluding tert-OH is 1. The van der Waals surface area contributed by atoms with Gasteiger partial charge in [0.15, 0.2) is 0 Å². The van der Waals surface area contributed by atoms with Gasteiger partial charge in [-0.3, -0.25) is 0 Å². The van der Waals surface area contributed by atoms with E-state index in [9.17, 15) is 9.50 Å². The fourth-order valence-corrected chi connectivity index (χ4v) is 3.64. The Labute approximate surface area is 112 Å². The quantitative estimate of drug-likeness (QED) is 0.873. The first-order valence-electron chi connectivity index (χ1n) is 5.18. The molecule has 2 aromatic rings. The third kappa shape index (κ3) is 2.76. The van der Waals surface area contributed by atoms with Crippen LogP contribution in [0.1, 0.15) is 27.0 Å². The molecule has 90 valence electrons. The predicted molar refractivity (Wildman–Crippen MR) is 72.0 cm³/mol. The molecule has 0 saturated carbocycles. The Hall–Kier alpha value is -0.710. The van der Waals surface area contributed by atoms with Crippen LogP contribution in [0.3, 0.4) is 0 Å². The number of aryl methyl sites for hydroxylation is 2. The summed E-state index contributed by atoms with van der Waals surface area (Å²) in [5.74, 6) is -0.316. The number of halogens is 2. The van der Waals surface area contributed by atoms with E-state index in [4.69, 9.17) is 0 Å². The van der Waals surface area contributed by atoms with Crippen molar-refractivity contribution in [3.63, 3.8) is 0 Å². The van der Waals surface area contributed by atoms with Gasteiger partial charge < -0.3 is 5.11 Å². The van der Waals surface area contributed by atoms with E-state index in [-0.39, 0.29) is 5.82 Å². The van der Waals surface area contributed by atoms with Crippen molar-refractivity contribution in [1.82, 2.24) is 0 Å². The second kappa shape index (κ2) is 4.88. The molecule has 1 unspecified atom stereocenters. The van der Waals surface area contributed by atoms with Crippen molar-refractivity contribution in [3.05, 3.63) is 55.4 Å². The molecule has 2 rings (SSSR count). The number of hydrogen-bond acceptors (Lipinski definition) is 2. The molecule has 1 atom stereocenters. The Bertz CT molecular complexity index is 530.